The van der Waals surface area contributed by atoms with Gasteiger partial charge in [-0.15, -0.1) is 10.2 Å². The molecule has 0 saturated heterocycles. The average Bonchev–Trinajstić information content (AvgIpc) is 3.24. The van der Waals surface area contributed by atoms with Crippen molar-refractivity contribution < 1.29 is 9.21 Å². The van der Waals surface area contributed by atoms with Gasteiger partial charge in [0.2, 0.25) is 5.91 Å². The van der Waals surface area contributed by atoms with Gasteiger partial charge in [-0.3, -0.25) is 4.79 Å². The number of nitrogens with zero attached hydrogens (tertiary/aromatic N) is 2. The third-order valence-electron chi connectivity index (χ3n) is 3.18. The normalized spacial score (nSPS) is 10.7. The SMILES string of the molecule is CCc1cccc(NC(=O)CSc2nnc(-c3ccco3)[nH]2)c1. The molecule has 7 heteroatoms. The first-order valence-corrected chi connectivity index (χ1v) is 8.21. The second-order valence-electron chi connectivity index (χ2n) is 4.85. The van der Waals surface area contributed by atoms with Crippen molar-refractivity contribution in [2.75, 3.05) is 11.1 Å². The van der Waals surface area contributed by atoms with Crippen LogP contribution in [-0.4, -0.2) is 26.8 Å². The number of aromatic nitrogens is 3. The third-order valence-corrected chi connectivity index (χ3v) is 4.04. The van der Waals surface area contributed by atoms with E-state index < -0.39 is 0 Å². The van der Waals surface area contributed by atoms with Crippen molar-refractivity contribution in [3.8, 4) is 11.6 Å². The van der Waals surface area contributed by atoms with Gasteiger partial charge in [-0.2, -0.15) is 0 Å². The van der Waals surface area contributed by atoms with E-state index in [1.165, 1.54) is 17.3 Å². The molecule has 0 aliphatic carbocycles. The summed E-state index contributed by atoms with van der Waals surface area (Å²) in [6.07, 6.45) is 2.51. The molecule has 0 fully saturated rings. The van der Waals surface area contributed by atoms with Gasteiger partial charge in [0.15, 0.2) is 16.7 Å². The summed E-state index contributed by atoms with van der Waals surface area (Å²) in [4.78, 5) is 15.0. The lowest BCUT2D eigenvalue weighted by Gasteiger charge is -2.05. The first kappa shape index (κ1) is 15.4. The molecule has 2 aromatic heterocycles. The molecule has 23 heavy (non-hydrogen) atoms. The van der Waals surface area contributed by atoms with Gasteiger partial charge in [-0.05, 0) is 36.2 Å². The highest BCUT2D eigenvalue weighted by Gasteiger charge is 2.10. The van der Waals surface area contributed by atoms with Crippen molar-refractivity contribution in [2.45, 2.75) is 18.5 Å². The molecule has 0 aliphatic heterocycles. The first-order chi connectivity index (χ1) is 11.2. The average molecular weight is 328 g/mol. The van der Waals surface area contributed by atoms with Crippen molar-refractivity contribution >= 4 is 23.4 Å². The fourth-order valence-electron chi connectivity index (χ4n) is 2.04. The van der Waals surface area contributed by atoms with Crippen molar-refractivity contribution in [3.63, 3.8) is 0 Å². The fraction of sp³-hybridized carbons (Fsp3) is 0.188. The van der Waals surface area contributed by atoms with Crippen molar-refractivity contribution in [3.05, 3.63) is 48.2 Å². The lowest BCUT2D eigenvalue weighted by molar-refractivity contribution is -0.113. The van der Waals surface area contributed by atoms with Gasteiger partial charge in [0.1, 0.15) is 0 Å². The maximum absolute atomic E-state index is 12.0. The Morgan fingerprint density at radius 2 is 2.22 bits per heavy atom. The number of anilines is 1. The Kier molecular flexibility index (Phi) is 4.77. The Labute approximate surface area is 137 Å². The Morgan fingerprint density at radius 1 is 1.30 bits per heavy atom. The lowest BCUT2D eigenvalue weighted by Crippen LogP contribution is -2.14. The van der Waals surface area contributed by atoms with E-state index in [0.717, 1.165) is 12.1 Å². The van der Waals surface area contributed by atoms with Gasteiger partial charge in [0.05, 0.1) is 12.0 Å². The van der Waals surface area contributed by atoms with E-state index in [4.69, 9.17) is 4.42 Å². The second kappa shape index (κ2) is 7.15. The standard InChI is InChI=1S/C16H16N4O2S/c1-2-11-5-3-6-12(9-11)17-14(21)10-23-16-18-15(19-20-16)13-7-4-8-22-13/h3-9H,2,10H2,1H3,(H,17,21)(H,18,19,20). The minimum atomic E-state index is -0.0841. The first-order valence-electron chi connectivity index (χ1n) is 7.22. The molecule has 0 radical (unpaired) electrons. The monoisotopic (exact) mass is 328 g/mol. The van der Waals surface area contributed by atoms with E-state index in [1.807, 2.05) is 24.3 Å². The Bertz CT molecular complexity index is 783. The van der Waals surface area contributed by atoms with E-state index in [2.05, 4.69) is 27.4 Å². The van der Waals surface area contributed by atoms with Crippen molar-refractivity contribution in [1.82, 2.24) is 15.2 Å². The van der Waals surface area contributed by atoms with E-state index in [0.29, 0.717) is 16.7 Å². The summed E-state index contributed by atoms with van der Waals surface area (Å²) >= 11 is 1.29. The molecule has 2 heterocycles. The lowest BCUT2D eigenvalue weighted by atomic mass is 10.1. The van der Waals surface area contributed by atoms with Crippen LogP contribution in [0.4, 0.5) is 5.69 Å². The van der Waals surface area contributed by atoms with Crippen LogP contribution in [0, 0.1) is 0 Å². The maximum Gasteiger partial charge on any atom is 0.234 e. The van der Waals surface area contributed by atoms with Gasteiger partial charge in [0.25, 0.3) is 0 Å². The van der Waals surface area contributed by atoms with Crippen LogP contribution in [0.2, 0.25) is 0 Å². The fourth-order valence-corrected chi connectivity index (χ4v) is 2.64. The summed E-state index contributed by atoms with van der Waals surface area (Å²) in [5, 5.41) is 11.4. The van der Waals surface area contributed by atoms with Gasteiger partial charge in [-0.25, -0.2) is 0 Å². The summed E-state index contributed by atoms with van der Waals surface area (Å²) in [5.74, 6) is 1.33. The number of amides is 1. The van der Waals surface area contributed by atoms with E-state index in [9.17, 15) is 4.79 Å². The Hall–Kier alpha value is -2.54. The highest BCUT2D eigenvalue weighted by Crippen LogP contribution is 2.19. The van der Waals surface area contributed by atoms with E-state index in [-0.39, 0.29) is 11.7 Å². The molecular weight excluding hydrogens is 312 g/mol. The number of aromatic amines is 1. The second-order valence-corrected chi connectivity index (χ2v) is 5.81. The molecule has 2 N–H and O–H groups in total. The van der Waals surface area contributed by atoms with E-state index >= 15 is 0 Å². The number of H-pyrrole nitrogens is 1. The number of furan rings is 1. The van der Waals surface area contributed by atoms with Crippen LogP contribution >= 0.6 is 11.8 Å². The zero-order valence-electron chi connectivity index (χ0n) is 12.6. The van der Waals surface area contributed by atoms with Gasteiger partial charge in [-0.1, -0.05) is 30.8 Å². The summed E-state index contributed by atoms with van der Waals surface area (Å²) in [5.41, 5.74) is 2.00. The van der Waals surface area contributed by atoms with Crippen molar-refractivity contribution in [1.29, 1.82) is 0 Å². The van der Waals surface area contributed by atoms with Crippen LogP contribution in [0.1, 0.15) is 12.5 Å². The topological polar surface area (TPSA) is 83.8 Å². The minimum Gasteiger partial charge on any atom is -0.461 e. The molecule has 1 amide bonds. The predicted molar refractivity (Wildman–Crippen MR) is 89.3 cm³/mol. The number of hydrogen-bond donors (Lipinski definition) is 2. The van der Waals surface area contributed by atoms with Gasteiger partial charge in [0, 0.05) is 5.69 Å². The van der Waals surface area contributed by atoms with Crippen LogP contribution in [0.15, 0.2) is 52.2 Å². The van der Waals surface area contributed by atoms with Gasteiger partial charge >= 0.3 is 0 Å². The summed E-state index contributed by atoms with van der Waals surface area (Å²) in [7, 11) is 0. The van der Waals surface area contributed by atoms with Crippen LogP contribution in [-0.2, 0) is 11.2 Å². The molecule has 0 atom stereocenters. The summed E-state index contributed by atoms with van der Waals surface area (Å²) < 4.78 is 5.24. The van der Waals surface area contributed by atoms with E-state index in [1.54, 1.807) is 18.4 Å². The number of carbonyl (C=O) groups is 1. The zero-order chi connectivity index (χ0) is 16.1. The molecule has 0 saturated carbocycles. The van der Waals surface area contributed by atoms with Crippen LogP contribution in [0.25, 0.3) is 11.6 Å². The number of benzene rings is 1. The highest BCUT2D eigenvalue weighted by atomic mass is 32.2. The summed E-state index contributed by atoms with van der Waals surface area (Å²) in [6.45, 7) is 2.08. The Morgan fingerprint density at radius 3 is 3.00 bits per heavy atom. The molecule has 3 aromatic rings. The quantitative estimate of drug-likeness (QED) is 0.678. The molecule has 0 aliphatic rings. The molecule has 0 bridgehead atoms. The third kappa shape index (κ3) is 4.01. The smallest absolute Gasteiger partial charge is 0.234 e. The number of hydrogen-bond acceptors (Lipinski definition) is 5. The number of carbonyl (C=O) groups excluding carboxylic acids is 1. The number of nitrogens with one attached hydrogen (secondary N) is 2. The number of rotatable bonds is 6. The molecule has 1 aromatic carbocycles. The van der Waals surface area contributed by atoms with Crippen LogP contribution in [0.5, 0.6) is 0 Å². The molecule has 0 unspecified atom stereocenters. The Balaban J connectivity index is 1.54. The van der Waals surface area contributed by atoms with Crippen molar-refractivity contribution in [2.24, 2.45) is 0 Å². The predicted octanol–water partition coefficient (Wildman–Crippen LogP) is 3.36. The number of aryl methyl sites for hydroxylation is 1. The molecule has 118 valence electrons. The van der Waals surface area contributed by atoms with Crippen LogP contribution < -0.4 is 5.32 Å². The largest absolute Gasteiger partial charge is 0.461 e. The molecular formula is C16H16N4O2S. The zero-order valence-corrected chi connectivity index (χ0v) is 13.4. The van der Waals surface area contributed by atoms with Crippen LogP contribution in [0.3, 0.4) is 0 Å². The summed E-state index contributed by atoms with van der Waals surface area (Å²) in [6, 6.07) is 11.4. The molecule has 0 spiro atoms. The van der Waals surface area contributed by atoms with Gasteiger partial charge < -0.3 is 14.7 Å². The maximum atomic E-state index is 12.0. The molecule has 3 rings (SSSR count). The highest BCUT2D eigenvalue weighted by molar-refractivity contribution is 7.99. The minimum absolute atomic E-state index is 0.0841. The molecule has 6 nitrogen and oxygen atoms in total. The number of thioether (sulfide) groups is 1.